The van der Waals surface area contributed by atoms with Gasteiger partial charge in [0, 0.05) is 7.05 Å². The SMILES string of the molecule is CCC(C)Oc1ccc(C=C2C(=O)NC(=S)N(C)C2=O)cc1Br. The normalized spacial score (nSPS) is 18.2. The standard InChI is InChI=1S/C16H17BrN2O3S/c1-4-9(2)22-13-6-5-10(8-12(13)17)7-11-14(20)18-16(23)19(3)15(11)21/h5-9H,4H2,1-3H3,(H,18,20,23). The quantitative estimate of drug-likeness (QED) is 0.482. The van der Waals surface area contributed by atoms with Crippen molar-refractivity contribution in [1.29, 1.82) is 0 Å². The van der Waals surface area contributed by atoms with Gasteiger partial charge in [-0.2, -0.15) is 0 Å². The van der Waals surface area contributed by atoms with E-state index in [0.29, 0.717) is 5.56 Å². The maximum atomic E-state index is 12.2. The molecule has 1 aliphatic heterocycles. The molecule has 1 N–H and O–H groups in total. The number of thiocarbonyl (C=S) groups is 1. The third-order valence-corrected chi connectivity index (χ3v) is 4.47. The van der Waals surface area contributed by atoms with Crippen molar-refractivity contribution in [2.45, 2.75) is 26.4 Å². The van der Waals surface area contributed by atoms with E-state index in [-0.39, 0.29) is 16.8 Å². The number of rotatable bonds is 4. The van der Waals surface area contributed by atoms with E-state index in [4.69, 9.17) is 17.0 Å². The molecule has 1 aliphatic rings. The molecular formula is C16H17BrN2O3S. The fourth-order valence-electron chi connectivity index (χ4n) is 1.91. The van der Waals surface area contributed by atoms with Crippen molar-refractivity contribution in [3.8, 4) is 5.75 Å². The Morgan fingerprint density at radius 3 is 2.74 bits per heavy atom. The zero-order chi connectivity index (χ0) is 17.1. The number of hydrogen-bond acceptors (Lipinski definition) is 4. The number of ether oxygens (including phenoxy) is 1. The molecule has 7 heteroatoms. The van der Waals surface area contributed by atoms with Gasteiger partial charge in [0.15, 0.2) is 5.11 Å². The lowest BCUT2D eigenvalue weighted by Gasteiger charge is -2.25. The summed E-state index contributed by atoms with van der Waals surface area (Å²) < 4.78 is 6.54. The van der Waals surface area contributed by atoms with E-state index < -0.39 is 11.8 Å². The first kappa shape index (κ1) is 17.6. The first-order valence-corrected chi connectivity index (χ1v) is 8.34. The van der Waals surface area contributed by atoms with Crippen molar-refractivity contribution >= 4 is 51.2 Å². The second-order valence-corrected chi connectivity index (χ2v) is 6.45. The van der Waals surface area contributed by atoms with Crippen LogP contribution in [-0.2, 0) is 9.59 Å². The Morgan fingerprint density at radius 2 is 2.13 bits per heavy atom. The number of carbonyl (C=O) groups is 2. The van der Waals surface area contributed by atoms with Crippen molar-refractivity contribution in [2.75, 3.05) is 7.05 Å². The molecule has 1 atom stereocenters. The largest absolute Gasteiger partial charge is 0.490 e. The molecule has 0 aromatic heterocycles. The molecule has 0 saturated carbocycles. The van der Waals surface area contributed by atoms with Crippen LogP contribution in [0.25, 0.3) is 6.08 Å². The van der Waals surface area contributed by atoms with Crippen LogP contribution in [0, 0.1) is 0 Å². The highest BCUT2D eigenvalue weighted by Gasteiger charge is 2.30. The van der Waals surface area contributed by atoms with Crippen molar-refractivity contribution in [1.82, 2.24) is 10.2 Å². The van der Waals surface area contributed by atoms with E-state index >= 15 is 0 Å². The summed E-state index contributed by atoms with van der Waals surface area (Å²) in [7, 11) is 1.52. The maximum absolute atomic E-state index is 12.2. The fraction of sp³-hybridized carbons (Fsp3) is 0.312. The molecule has 0 bridgehead atoms. The van der Waals surface area contributed by atoms with Gasteiger partial charge in [0.25, 0.3) is 11.8 Å². The topological polar surface area (TPSA) is 58.6 Å². The van der Waals surface area contributed by atoms with Gasteiger partial charge in [-0.05, 0) is 65.3 Å². The molecule has 5 nitrogen and oxygen atoms in total. The number of carbonyl (C=O) groups excluding carboxylic acids is 2. The molecule has 1 aromatic rings. The van der Waals surface area contributed by atoms with E-state index in [1.807, 2.05) is 19.9 Å². The van der Waals surface area contributed by atoms with Gasteiger partial charge in [0.1, 0.15) is 11.3 Å². The number of nitrogens with zero attached hydrogens (tertiary/aromatic N) is 1. The van der Waals surface area contributed by atoms with Crippen LogP contribution < -0.4 is 10.1 Å². The summed E-state index contributed by atoms with van der Waals surface area (Å²) in [5.74, 6) is -0.192. The summed E-state index contributed by atoms with van der Waals surface area (Å²) in [6, 6.07) is 5.41. The first-order valence-electron chi connectivity index (χ1n) is 7.14. The Hall–Kier alpha value is -1.73. The molecule has 2 amide bonds. The number of hydrogen-bond donors (Lipinski definition) is 1. The van der Waals surface area contributed by atoms with Gasteiger partial charge in [0.2, 0.25) is 0 Å². The van der Waals surface area contributed by atoms with Gasteiger partial charge in [0.05, 0.1) is 10.6 Å². The van der Waals surface area contributed by atoms with E-state index in [9.17, 15) is 9.59 Å². The summed E-state index contributed by atoms with van der Waals surface area (Å²) in [6.07, 6.45) is 2.54. The molecule has 1 fully saturated rings. The predicted molar refractivity (Wildman–Crippen MR) is 96.0 cm³/mol. The summed E-state index contributed by atoms with van der Waals surface area (Å²) in [5.41, 5.74) is 0.761. The fourth-order valence-corrected chi connectivity index (χ4v) is 2.58. The minimum absolute atomic E-state index is 0.0450. The second-order valence-electron chi connectivity index (χ2n) is 5.21. The molecule has 1 unspecified atom stereocenters. The van der Waals surface area contributed by atoms with Crippen molar-refractivity contribution in [3.05, 3.63) is 33.8 Å². The van der Waals surface area contributed by atoms with Crippen LogP contribution in [0.15, 0.2) is 28.2 Å². The van der Waals surface area contributed by atoms with Crippen LogP contribution >= 0.6 is 28.1 Å². The molecular weight excluding hydrogens is 380 g/mol. The molecule has 122 valence electrons. The number of benzene rings is 1. The molecule has 1 heterocycles. The van der Waals surface area contributed by atoms with Crippen LogP contribution in [0.3, 0.4) is 0 Å². The zero-order valence-corrected chi connectivity index (χ0v) is 15.5. The highest BCUT2D eigenvalue weighted by atomic mass is 79.9. The number of likely N-dealkylation sites (N-methyl/N-ethyl adjacent to an activating group) is 1. The van der Waals surface area contributed by atoms with Crippen LogP contribution in [-0.4, -0.2) is 35.0 Å². The Balaban J connectivity index is 2.29. The Kier molecular flexibility index (Phi) is 5.54. The van der Waals surface area contributed by atoms with Crippen molar-refractivity contribution in [2.24, 2.45) is 0 Å². The minimum Gasteiger partial charge on any atom is -0.490 e. The van der Waals surface area contributed by atoms with Crippen molar-refractivity contribution < 1.29 is 14.3 Å². The average Bonchev–Trinajstić information content (AvgIpc) is 2.51. The van der Waals surface area contributed by atoms with Crippen LogP contribution in [0.1, 0.15) is 25.8 Å². The molecule has 23 heavy (non-hydrogen) atoms. The van der Waals surface area contributed by atoms with E-state index in [1.54, 1.807) is 12.1 Å². The van der Waals surface area contributed by atoms with Crippen LogP contribution in [0.5, 0.6) is 5.75 Å². The Bertz CT molecular complexity index is 703. The smallest absolute Gasteiger partial charge is 0.265 e. The Morgan fingerprint density at radius 1 is 1.43 bits per heavy atom. The lowest BCUT2D eigenvalue weighted by Crippen LogP contribution is -2.52. The Labute approximate surface area is 148 Å². The molecule has 0 radical (unpaired) electrons. The van der Waals surface area contributed by atoms with E-state index in [2.05, 4.69) is 21.2 Å². The summed E-state index contributed by atoms with van der Waals surface area (Å²) >= 11 is 8.36. The summed E-state index contributed by atoms with van der Waals surface area (Å²) in [6.45, 7) is 4.04. The lowest BCUT2D eigenvalue weighted by molar-refractivity contribution is -0.128. The highest BCUT2D eigenvalue weighted by molar-refractivity contribution is 9.10. The van der Waals surface area contributed by atoms with Gasteiger partial charge in [-0.3, -0.25) is 19.8 Å². The maximum Gasteiger partial charge on any atom is 0.265 e. The van der Waals surface area contributed by atoms with E-state index in [0.717, 1.165) is 16.6 Å². The van der Waals surface area contributed by atoms with Gasteiger partial charge in [-0.15, -0.1) is 0 Å². The third kappa shape index (κ3) is 3.97. The highest BCUT2D eigenvalue weighted by Crippen LogP contribution is 2.28. The monoisotopic (exact) mass is 396 g/mol. The average molecular weight is 397 g/mol. The third-order valence-electron chi connectivity index (χ3n) is 3.47. The van der Waals surface area contributed by atoms with Crippen LogP contribution in [0.2, 0.25) is 0 Å². The summed E-state index contributed by atoms with van der Waals surface area (Å²) in [4.78, 5) is 25.3. The molecule has 1 saturated heterocycles. The predicted octanol–water partition coefficient (Wildman–Crippen LogP) is 2.88. The van der Waals surface area contributed by atoms with Gasteiger partial charge < -0.3 is 4.74 Å². The molecule has 0 aliphatic carbocycles. The van der Waals surface area contributed by atoms with Gasteiger partial charge in [-0.1, -0.05) is 13.0 Å². The molecule has 1 aromatic carbocycles. The number of halogens is 1. The first-order chi connectivity index (χ1) is 10.8. The molecule has 0 spiro atoms. The summed E-state index contributed by atoms with van der Waals surface area (Å²) in [5, 5.41) is 2.59. The number of nitrogens with one attached hydrogen (secondary N) is 1. The van der Waals surface area contributed by atoms with Crippen LogP contribution in [0.4, 0.5) is 0 Å². The second kappa shape index (κ2) is 7.23. The van der Waals surface area contributed by atoms with Crippen molar-refractivity contribution in [3.63, 3.8) is 0 Å². The lowest BCUT2D eigenvalue weighted by atomic mass is 10.1. The van der Waals surface area contributed by atoms with Gasteiger partial charge in [-0.25, -0.2) is 0 Å². The van der Waals surface area contributed by atoms with Gasteiger partial charge >= 0.3 is 0 Å². The molecule has 2 rings (SSSR count). The minimum atomic E-state index is -0.492. The zero-order valence-electron chi connectivity index (χ0n) is 13.1. The van der Waals surface area contributed by atoms with E-state index in [1.165, 1.54) is 18.0 Å². The number of amides is 2.